The zero-order chi connectivity index (χ0) is 21.0. The van der Waals surface area contributed by atoms with Crippen molar-refractivity contribution in [1.29, 1.82) is 0 Å². The quantitative estimate of drug-likeness (QED) is 0.432. The van der Waals surface area contributed by atoms with E-state index in [1.807, 2.05) is 30.3 Å². The fourth-order valence-electron chi connectivity index (χ4n) is 2.82. The molecular formula is C19H22N6O4. The van der Waals surface area contributed by atoms with Gasteiger partial charge >= 0.3 is 5.69 Å². The summed E-state index contributed by atoms with van der Waals surface area (Å²) in [5.41, 5.74) is 0.247. The predicted octanol–water partition coefficient (Wildman–Crippen LogP) is -0.296. The van der Waals surface area contributed by atoms with Gasteiger partial charge in [-0.05, 0) is 12.5 Å². The predicted molar refractivity (Wildman–Crippen MR) is 106 cm³/mol. The average Bonchev–Trinajstić information content (AvgIpc) is 3.14. The molecule has 4 N–H and O–H groups in total. The van der Waals surface area contributed by atoms with Gasteiger partial charge in [-0.25, -0.2) is 9.78 Å². The van der Waals surface area contributed by atoms with Gasteiger partial charge in [0, 0.05) is 26.4 Å². The number of nitrogens with one attached hydrogen (secondary N) is 4. The Kier molecular flexibility index (Phi) is 5.91. The van der Waals surface area contributed by atoms with E-state index < -0.39 is 17.3 Å². The third kappa shape index (κ3) is 4.78. The summed E-state index contributed by atoms with van der Waals surface area (Å²) in [7, 11) is 1.49. The number of carbonyl (C=O) groups is 2. The Bertz CT molecular complexity index is 1140. The van der Waals surface area contributed by atoms with Gasteiger partial charge in [0.05, 0.1) is 0 Å². The molecule has 0 radical (unpaired) electrons. The van der Waals surface area contributed by atoms with Crippen molar-refractivity contribution in [2.24, 2.45) is 7.05 Å². The highest BCUT2D eigenvalue weighted by Gasteiger charge is 2.16. The van der Waals surface area contributed by atoms with Crippen LogP contribution in [0, 0.1) is 0 Å². The number of aryl methyl sites for hydroxylation is 2. The molecule has 0 aliphatic rings. The van der Waals surface area contributed by atoms with E-state index in [2.05, 4.69) is 25.6 Å². The lowest BCUT2D eigenvalue weighted by Crippen LogP contribution is -2.44. The van der Waals surface area contributed by atoms with Crippen LogP contribution in [0.4, 0.5) is 0 Å². The highest BCUT2D eigenvalue weighted by Crippen LogP contribution is 2.06. The summed E-state index contributed by atoms with van der Waals surface area (Å²) in [5.74, 6) is -0.203. The first kappa shape index (κ1) is 20.1. The van der Waals surface area contributed by atoms with Gasteiger partial charge in [-0.2, -0.15) is 0 Å². The van der Waals surface area contributed by atoms with Crippen LogP contribution in [-0.4, -0.2) is 37.4 Å². The first-order valence-corrected chi connectivity index (χ1v) is 9.14. The second-order valence-electron chi connectivity index (χ2n) is 6.69. The fourth-order valence-corrected chi connectivity index (χ4v) is 2.82. The number of hydrogen-bond acceptors (Lipinski definition) is 5. The molecule has 0 saturated heterocycles. The Morgan fingerprint density at radius 1 is 1.17 bits per heavy atom. The van der Waals surface area contributed by atoms with Gasteiger partial charge in [-0.1, -0.05) is 30.3 Å². The minimum atomic E-state index is -0.689. The molecule has 2 amide bonds. The van der Waals surface area contributed by atoms with E-state index in [9.17, 15) is 19.2 Å². The standard InChI is InChI=1S/C19H22N6O4/c1-11(17(27)20-10-12-6-4-3-5-7-12)21-14(26)9-8-13-22-15-16(23-13)25(2)19(29)24-18(15)28/h3-7,11H,8-10H2,1-2H3,(H,20,27)(H,21,26)(H,22,23)(H,24,28,29). The number of aromatic nitrogens is 4. The molecule has 3 aromatic rings. The topological polar surface area (TPSA) is 142 Å². The lowest BCUT2D eigenvalue weighted by atomic mass is 10.2. The van der Waals surface area contributed by atoms with E-state index in [4.69, 9.17) is 0 Å². The molecule has 29 heavy (non-hydrogen) atoms. The molecule has 0 spiro atoms. The second kappa shape index (κ2) is 8.55. The SMILES string of the molecule is CC(NC(=O)CCc1nc2c([nH]1)c(=O)[nH]c(=O)n2C)C(=O)NCc1ccccc1. The van der Waals surface area contributed by atoms with Crippen molar-refractivity contribution >= 4 is 23.0 Å². The van der Waals surface area contributed by atoms with Crippen molar-refractivity contribution in [1.82, 2.24) is 30.2 Å². The minimum absolute atomic E-state index is 0.0714. The largest absolute Gasteiger partial charge is 0.350 e. The maximum absolute atomic E-state index is 12.2. The van der Waals surface area contributed by atoms with Crippen molar-refractivity contribution in [3.8, 4) is 0 Å². The van der Waals surface area contributed by atoms with Crippen LogP contribution in [0.1, 0.15) is 24.7 Å². The van der Waals surface area contributed by atoms with Crippen LogP contribution in [0.5, 0.6) is 0 Å². The normalized spacial score (nSPS) is 11.9. The maximum atomic E-state index is 12.2. The lowest BCUT2D eigenvalue weighted by Gasteiger charge is -2.14. The van der Waals surface area contributed by atoms with Crippen LogP contribution in [0.15, 0.2) is 39.9 Å². The summed E-state index contributed by atoms with van der Waals surface area (Å²) < 4.78 is 1.22. The van der Waals surface area contributed by atoms with Gasteiger partial charge in [0.2, 0.25) is 11.8 Å². The van der Waals surface area contributed by atoms with E-state index in [-0.39, 0.29) is 35.8 Å². The molecule has 10 heteroatoms. The minimum Gasteiger partial charge on any atom is -0.350 e. The Balaban J connectivity index is 1.53. The highest BCUT2D eigenvalue weighted by atomic mass is 16.2. The summed E-state index contributed by atoms with van der Waals surface area (Å²) in [6, 6.07) is 8.78. The van der Waals surface area contributed by atoms with E-state index in [1.54, 1.807) is 6.92 Å². The van der Waals surface area contributed by atoms with E-state index in [1.165, 1.54) is 11.6 Å². The van der Waals surface area contributed by atoms with Crippen LogP contribution >= 0.6 is 0 Å². The van der Waals surface area contributed by atoms with Gasteiger partial charge in [-0.15, -0.1) is 0 Å². The van der Waals surface area contributed by atoms with Gasteiger partial charge in [0.1, 0.15) is 17.4 Å². The van der Waals surface area contributed by atoms with Crippen molar-refractivity contribution in [3.05, 3.63) is 62.6 Å². The smallest absolute Gasteiger partial charge is 0.329 e. The van der Waals surface area contributed by atoms with Crippen LogP contribution in [0.25, 0.3) is 11.2 Å². The molecule has 0 bridgehead atoms. The Morgan fingerprint density at radius 3 is 2.62 bits per heavy atom. The maximum Gasteiger partial charge on any atom is 0.329 e. The van der Waals surface area contributed by atoms with Crippen LogP contribution < -0.4 is 21.9 Å². The average molecular weight is 398 g/mol. The third-order valence-corrected chi connectivity index (χ3v) is 4.47. The summed E-state index contributed by atoms with van der Waals surface area (Å²) >= 11 is 0. The molecular weight excluding hydrogens is 376 g/mol. The van der Waals surface area contributed by atoms with Crippen molar-refractivity contribution in [2.45, 2.75) is 32.4 Å². The van der Waals surface area contributed by atoms with Crippen molar-refractivity contribution in [2.75, 3.05) is 0 Å². The van der Waals surface area contributed by atoms with Gasteiger partial charge in [0.15, 0.2) is 5.65 Å². The van der Waals surface area contributed by atoms with Gasteiger partial charge < -0.3 is 15.6 Å². The summed E-state index contributed by atoms with van der Waals surface area (Å²) in [6.07, 6.45) is 0.300. The number of carbonyl (C=O) groups excluding carboxylic acids is 2. The molecule has 1 aromatic carbocycles. The molecule has 2 heterocycles. The number of fused-ring (bicyclic) bond motifs is 1. The number of rotatable bonds is 7. The number of benzene rings is 1. The monoisotopic (exact) mass is 398 g/mol. The summed E-state index contributed by atoms with van der Waals surface area (Å²) in [5, 5.41) is 5.41. The van der Waals surface area contributed by atoms with Gasteiger partial charge in [-0.3, -0.25) is 23.9 Å². The number of H-pyrrole nitrogens is 2. The van der Waals surface area contributed by atoms with E-state index in [0.29, 0.717) is 12.4 Å². The molecule has 1 unspecified atom stereocenters. The van der Waals surface area contributed by atoms with Crippen molar-refractivity contribution < 1.29 is 9.59 Å². The number of aromatic amines is 2. The van der Waals surface area contributed by atoms with Crippen LogP contribution in [0.2, 0.25) is 0 Å². The van der Waals surface area contributed by atoms with E-state index >= 15 is 0 Å². The molecule has 152 valence electrons. The zero-order valence-electron chi connectivity index (χ0n) is 16.1. The first-order valence-electron chi connectivity index (χ1n) is 9.14. The van der Waals surface area contributed by atoms with Gasteiger partial charge in [0.25, 0.3) is 5.56 Å². The van der Waals surface area contributed by atoms with Crippen LogP contribution in [0.3, 0.4) is 0 Å². The molecule has 0 saturated carbocycles. The number of hydrogen-bond donors (Lipinski definition) is 4. The molecule has 0 aliphatic carbocycles. The Hall–Kier alpha value is -3.69. The molecule has 3 rings (SSSR count). The fraction of sp³-hybridized carbons (Fsp3) is 0.316. The van der Waals surface area contributed by atoms with E-state index in [0.717, 1.165) is 5.56 Å². The number of nitrogens with zero attached hydrogens (tertiary/aromatic N) is 2. The Labute approximate surface area is 165 Å². The Morgan fingerprint density at radius 2 is 1.90 bits per heavy atom. The molecule has 0 fully saturated rings. The molecule has 0 aliphatic heterocycles. The highest BCUT2D eigenvalue weighted by molar-refractivity contribution is 5.87. The third-order valence-electron chi connectivity index (χ3n) is 4.47. The molecule has 1 atom stereocenters. The van der Waals surface area contributed by atoms with Crippen molar-refractivity contribution in [3.63, 3.8) is 0 Å². The number of imidazole rings is 1. The summed E-state index contributed by atoms with van der Waals surface area (Å²) in [4.78, 5) is 56.9. The first-order chi connectivity index (χ1) is 13.8. The lowest BCUT2D eigenvalue weighted by molar-refractivity contribution is -0.128. The molecule has 2 aromatic heterocycles. The molecule has 10 nitrogen and oxygen atoms in total. The number of amides is 2. The second-order valence-corrected chi connectivity index (χ2v) is 6.69. The zero-order valence-corrected chi connectivity index (χ0v) is 16.1. The summed E-state index contributed by atoms with van der Waals surface area (Å²) in [6.45, 7) is 1.99. The van der Waals surface area contributed by atoms with Crippen LogP contribution in [-0.2, 0) is 29.6 Å².